The van der Waals surface area contributed by atoms with Gasteiger partial charge in [0.15, 0.2) is 0 Å². The van der Waals surface area contributed by atoms with Gasteiger partial charge in [0.25, 0.3) is 5.91 Å². The van der Waals surface area contributed by atoms with Crippen molar-refractivity contribution in [1.29, 1.82) is 0 Å². The van der Waals surface area contributed by atoms with Crippen molar-refractivity contribution < 1.29 is 14.3 Å². The molecule has 0 bridgehead atoms. The first-order valence-corrected chi connectivity index (χ1v) is 9.74. The van der Waals surface area contributed by atoms with E-state index in [0.29, 0.717) is 17.3 Å². The molecule has 25 heavy (non-hydrogen) atoms. The summed E-state index contributed by atoms with van der Waals surface area (Å²) in [4.78, 5) is 25.4. The number of carbonyl (C=O) groups is 2. The lowest BCUT2D eigenvalue weighted by atomic mass is 9.98. The van der Waals surface area contributed by atoms with Gasteiger partial charge in [-0.15, -0.1) is 0 Å². The zero-order chi connectivity index (χ0) is 18.8. The fourth-order valence-electron chi connectivity index (χ4n) is 3.05. The molecule has 1 aliphatic rings. The van der Waals surface area contributed by atoms with Crippen LogP contribution in [-0.4, -0.2) is 29.9 Å². The smallest absolute Gasteiger partial charge is 0.308 e. The lowest BCUT2D eigenvalue weighted by molar-refractivity contribution is -0.136. The van der Waals surface area contributed by atoms with Crippen LogP contribution in [0.5, 0.6) is 0 Å². The Morgan fingerprint density at radius 1 is 1.28 bits per heavy atom. The van der Waals surface area contributed by atoms with E-state index in [1.165, 1.54) is 51.9 Å². The molecular weight excluding hydrogens is 314 g/mol. The van der Waals surface area contributed by atoms with Gasteiger partial charge in [-0.25, -0.2) is 0 Å². The number of allylic oxidation sites excluding steroid dienone is 1. The predicted molar refractivity (Wildman–Crippen MR) is 102 cm³/mol. The number of rotatable bonds is 11. The van der Waals surface area contributed by atoms with Crippen LogP contribution in [0.3, 0.4) is 0 Å². The van der Waals surface area contributed by atoms with Crippen LogP contribution in [0.4, 0.5) is 0 Å². The van der Waals surface area contributed by atoms with E-state index in [4.69, 9.17) is 4.74 Å². The second-order valence-electron chi connectivity index (χ2n) is 7.30. The Hall–Kier alpha value is -1.58. The van der Waals surface area contributed by atoms with E-state index in [-0.39, 0.29) is 17.9 Å². The zero-order valence-electron chi connectivity index (χ0n) is 16.6. The van der Waals surface area contributed by atoms with Crippen LogP contribution in [0.15, 0.2) is 23.5 Å². The molecule has 0 spiro atoms. The van der Waals surface area contributed by atoms with Gasteiger partial charge in [-0.05, 0) is 31.4 Å². The van der Waals surface area contributed by atoms with Crippen molar-refractivity contribution in [3.8, 4) is 0 Å². The summed E-state index contributed by atoms with van der Waals surface area (Å²) >= 11 is 0. The number of hydrogen-bond acceptors (Lipinski definition) is 3. The molecule has 1 aliphatic heterocycles. The van der Waals surface area contributed by atoms with Gasteiger partial charge in [-0.1, -0.05) is 58.8 Å². The number of hydrogen-bond donors (Lipinski definition) is 0. The zero-order valence-corrected chi connectivity index (χ0v) is 16.6. The molecule has 2 atom stereocenters. The fraction of sp³-hybridized carbons (Fsp3) is 0.714. The number of nitrogens with zero attached hydrogens (tertiary/aromatic N) is 1. The van der Waals surface area contributed by atoms with Gasteiger partial charge < -0.3 is 9.64 Å². The average molecular weight is 350 g/mol. The van der Waals surface area contributed by atoms with E-state index < -0.39 is 0 Å². The third-order valence-electron chi connectivity index (χ3n) is 4.84. The van der Waals surface area contributed by atoms with Crippen molar-refractivity contribution in [2.75, 3.05) is 7.05 Å². The quantitative estimate of drug-likeness (QED) is 0.300. The minimum Gasteiger partial charge on any atom is -0.426 e. The van der Waals surface area contributed by atoms with E-state index in [1.54, 1.807) is 11.9 Å². The monoisotopic (exact) mass is 349 g/mol. The third kappa shape index (κ3) is 7.45. The van der Waals surface area contributed by atoms with E-state index in [1.807, 2.05) is 19.1 Å². The number of carbonyl (C=O) groups excluding carboxylic acids is 2. The predicted octanol–water partition coefficient (Wildman–Crippen LogP) is 5.00. The minimum absolute atomic E-state index is 0.0296. The molecular formula is C21H35NO3. The van der Waals surface area contributed by atoms with Gasteiger partial charge >= 0.3 is 5.97 Å². The van der Waals surface area contributed by atoms with Crippen LogP contribution in [-0.2, 0) is 14.3 Å². The first-order chi connectivity index (χ1) is 11.9. The van der Waals surface area contributed by atoms with Crippen LogP contribution in [0.1, 0.15) is 79.1 Å². The molecule has 0 aromatic heterocycles. The van der Waals surface area contributed by atoms with Gasteiger partial charge in [0.2, 0.25) is 0 Å². The third-order valence-corrected chi connectivity index (χ3v) is 4.84. The van der Waals surface area contributed by atoms with Gasteiger partial charge in [0.05, 0.1) is 5.57 Å². The number of unbranched alkanes of at least 4 members (excludes halogenated alkanes) is 5. The Morgan fingerprint density at radius 2 is 1.92 bits per heavy atom. The van der Waals surface area contributed by atoms with E-state index in [9.17, 15) is 9.59 Å². The summed E-state index contributed by atoms with van der Waals surface area (Å²) < 4.78 is 5.33. The molecule has 1 unspecified atom stereocenters. The Bertz CT molecular complexity index is 507. The molecule has 0 saturated carbocycles. The molecule has 0 saturated heterocycles. The van der Waals surface area contributed by atoms with Crippen LogP contribution in [0, 0.1) is 5.92 Å². The molecule has 1 heterocycles. The number of esters is 1. The highest BCUT2D eigenvalue weighted by Crippen LogP contribution is 2.25. The maximum absolute atomic E-state index is 12.3. The lowest BCUT2D eigenvalue weighted by Gasteiger charge is -2.15. The Kier molecular flexibility index (Phi) is 9.54. The molecule has 1 rings (SSSR count). The highest BCUT2D eigenvalue weighted by molar-refractivity contribution is 6.00. The maximum Gasteiger partial charge on any atom is 0.308 e. The Balaban J connectivity index is 2.55. The summed E-state index contributed by atoms with van der Waals surface area (Å²) in [6, 6.07) is 0.0296. The molecule has 1 amide bonds. The van der Waals surface area contributed by atoms with Crippen LogP contribution in [0.2, 0.25) is 0 Å². The van der Waals surface area contributed by atoms with Gasteiger partial charge in [0, 0.05) is 20.0 Å². The summed E-state index contributed by atoms with van der Waals surface area (Å²) in [7, 11) is 1.77. The fourth-order valence-corrected chi connectivity index (χ4v) is 3.05. The second-order valence-corrected chi connectivity index (χ2v) is 7.30. The second kappa shape index (κ2) is 11.1. The SMILES string of the molecule is CCCCCCCCC(C)C/C=C(\OC(C)=O)C1=C[C@H](C)N(C)C1=O. The molecule has 0 N–H and O–H groups in total. The van der Waals surface area contributed by atoms with Crippen molar-refractivity contribution in [3.05, 3.63) is 23.5 Å². The first-order valence-electron chi connectivity index (χ1n) is 9.74. The van der Waals surface area contributed by atoms with Gasteiger partial charge in [-0.3, -0.25) is 9.59 Å². The van der Waals surface area contributed by atoms with Crippen molar-refractivity contribution >= 4 is 11.9 Å². The average Bonchev–Trinajstić information content (AvgIpc) is 2.82. The molecule has 4 heteroatoms. The topological polar surface area (TPSA) is 46.6 Å². The van der Waals surface area contributed by atoms with Crippen molar-refractivity contribution in [1.82, 2.24) is 4.90 Å². The molecule has 0 aromatic carbocycles. The minimum atomic E-state index is -0.384. The Labute approximate surface area is 153 Å². The van der Waals surface area contributed by atoms with E-state index in [2.05, 4.69) is 13.8 Å². The molecule has 0 radical (unpaired) electrons. The molecule has 4 nitrogen and oxygen atoms in total. The number of amides is 1. The highest BCUT2D eigenvalue weighted by Gasteiger charge is 2.30. The van der Waals surface area contributed by atoms with Crippen molar-refractivity contribution in [2.45, 2.75) is 85.1 Å². The van der Waals surface area contributed by atoms with E-state index >= 15 is 0 Å². The highest BCUT2D eigenvalue weighted by atomic mass is 16.5. The van der Waals surface area contributed by atoms with Crippen LogP contribution in [0.25, 0.3) is 0 Å². The normalized spacial score (nSPS) is 19.2. The summed E-state index contributed by atoms with van der Waals surface area (Å²) in [5, 5.41) is 0. The van der Waals surface area contributed by atoms with Gasteiger partial charge in [-0.2, -0.15) is 0 Å². The van der Waals surface area contributed by atoms with Gasteiger partial charge in [0.1, 0.15) is 5.76 Å². The lowest BCUT2D eigenvalue weighted by Crippen LogP contribution is -2.28. The number of ether oxygens (including phenoxy) is 1. The largest absolute Gasteiger partial charge is 0.426 e. The number of likely N-dealkylation sites (N-methyl/N-ethyl adjacent to an activating group) is 1. The Morgan fingerprint density at radius 3 is 2.48 bits per heavy atom. The maximum atomic E-state index is 12.3. The summed E-state index contributed by atoms with van der Waals surface area (Å²) in [5.74, 6) is 0.474. The van der Waals surface area contributed by atoms with Crippen molar-refractivity contribution in [2.24, 2.45) is 5.92 Å². The molecule has 0 aromatic rings. The first kappa shape index (κ1) is 21.5. The van der Waals surface area contributed by atoms with Crippen LogP contribution < -0.4 is 0 Å². The molecule has 142 valence electrons. The standard InChI is InChI=1S/C21H35NO3/c1-6-7-8-9-10-11-12-16(2)13-14-20(25-18(4)23)19-15-17(3)22(5)21(19)24/h14-17H,6-13H2,1-5H3/b20-14-/t16?,17-/m0/s1. The summed E-state index contributed by atoms with van der Waals surface area (Å²) in [5.41, 5.74) is 0.511. The molecule has 0 aliphatic carbocycles. The van der Waals surface area contributed by atoms with Crippen LogP contribution >= 0.6 is 0 Å². The molecule has 0 fully saturated rings. The van der Waals surface area contributed by atoms with Crippen molar-refractivity contribution in [3.63, 3.8) is 0 Å². The van der Waals surface area contributed by atoms with E-state index in [0.717, 1.165) is 6.42 Å². The summed E-state index contributed by atoms with van der Waals surface area (Å²) in [6.07, 6.45) is 13.6. The summed E-state index contributed by atoms with van der Waals surface area (Å²) in [6.45, 7) is 7.78.